The van der Waals surface area contributed by atoms with Crippen LogP contribution in [0.2, 0.25) is 0 Å². The first-order chi connectivity index (χ1) is 26.6. The molecule has 3 rings (SSSR count). The van der Waals surface area contributed by atoms with Gasteiger partial charge in [-0.2, -0.15) is 0 Å². The van der Waals surface area contributed by atoms with Crippen LogP contribution in [0.1, 0.15) is 56.9 Å². The average Bonchev–Trinajstić information content (AvgIpc) is 3.87. The maximum absolute atomic E-state index is 13.9. The number of carbonyl (C=O) groups is 8. The van der Waals surface area contributed by atoms with Gasteiger partial charge in [-0.3, -0.25) is 38.6 Å². The lowest BCUT2D eigenvalue weighted by atomic mass is 10.0. The SMILES string of the molecule is NC(N)=NCCC[C@H](NC(=O)[C@@H]1CCCN1C(=O)[C@@H]1CCCN1C(=O)CNC(=O)[C@@H](N)CO)C(=O)N[C@@H](Cc1ccccc1)C(=O)N[C@@H](CCC(=O)O)C(=O)O. The Bertz CT molecular complexity index is 1610. The normalized spacial score (nSPS) is 18.5. The summed E-state index contributed by atoms with van der Waals surface area (Å²) in [6.07, 6.45) is 0.678. The number of nitrogens with zero attached hydrogens (tertiary/aromatic N) is 3. The van der Waals surface area contributed by atoms with E-state index in [9.17, 15) is 43.5 Å². The molecule has 0 aromatic heterocycles. The second-order valence-electron chi connectivity index (χ2n) is 13.5. The van der Waals surface area contributed by atoms with Gasteiger partial charge in [0.1, 0.15) is 36.3 Å². The number of likely N-dealkylation sites (tertiary alicyclic amines) is 2. The molecule has 13 N–H and O–H groups in total. The molecule has 2 heterocycles. The highest BCUT2D eigenvalue weighted by Crippen LogP contribution is 2.25. The van der Waals surface area contributed by atoms with Gasteiger partial charge in [-0.1, -0.05) is 30.3 Å². The standard InChI is InChI=1S/C35H52N10O11/c36-21(19-46)29(50)40-18-27(47)44-15-6-11-26(44)33(54)45-16-5-10-25(45)32(53)41-22(9-4-14-39-35(37)38)30(51)43-24(17-20-7-2-1-3-8-20)31(52)42-23(34(55)56)12-13-28(48)49/h1-3,7-8,21-26,46H,4-6,9-19,36H2,(H,40,50)(H,41,53)(H,42,52)(H,43,51)(H,48,49)(H,55,56)(H4,37,38,39)/t21-,22-,23-,24-,25-,26-/m0/s1. The van der Waals surface area contributed by atoms with Gasteiger partial charge < -0.3 is 63.6 Å². The van der Waals surface area contributed by atoms with Crippen molar-refractivity contribution in [2.45, 2.75) is 94.0 Å². The fraction of sp³-hybridized carbons (Fsp3) is 0.571. The minimum Gasteiger partial charge on any atom is -0.481 e. The Kier molecular flexibility index (Phi) is 17.4. The van der Waals surface area contributed by atoms with Gasteiger partial charge >= 0.3 is 11.9 Å². The van der Waals surface area contributed by atoms with Crippen molar-refractivity contribution in [2.24, 2.45) is 22.2 Å². The van der Waals surface area contributed by atoms with Crippen molar-refractivity contribution in [3.63, 3.8) is 0 Å². The molecule has 0 spiro atoms. The molecule has 2 saturated heterocycles. The summed E-state index contributed by atoms with van der Waals surface area (Å²) in [5.74, 6) is -7.04. The minimum absolute atomic E-state index is 0.0123. The minimum atomic E-state index is -1.57. The molecule has 56 heavy (non-hydrogen) atoms. The smallest absolute Gasteiger partial charge is 0.326 e. The van der Waals surface area contributed by atoms with Crippen LogP contribution >= 0.6 is 0 Å². The average molecular weight is 789 g/mol. The van der Waals surface area contributed by atoms with E-state index in [1.807, 2.05) is 0 Å². The number of hydrogen-bond donors (Lipinski definition) is 10. The predicted molar refractivity (Wildman–Crippen MR) is 198 cm³/mol. The molecule has 0 unspecified atom stereocenters. The van der Waals surface area contributed by atoms with E-state index in [0.29, 0.717) is 24.8 Å². The third kappa shape index (κ3) is 13.5. The summed E-state index contributed by atoms with van der Waals surface area (Å²) >= 11 is 0. The van der Waals surface area contributed by atoms with Crippen molar-refractivity contribution < 1.29 is 53.7 Å². The molecule has 21 heteroatoms. The molecule has 6 amide bonds. The van der Waals surface area contributed by atoms with Gasteiger partial charge in [0.25, 0.3) is 0 Å². The molecule has 0 saturated carbocycles. The molecule has 0 radical (unpaired) electrons. The number of aliphatic hydroxyl groups excluding tert-OH is 1. The summed E-state index contributed by atoms with van der Waals surface area (Å²) in [4.78, 5) is 110. The van der Waals surface area contributed by atoms with Crippen LogP contribution in [0.3, 0.4) is 0 Å². The maximum atomic E-state index is 13.9. The van der Waals surface area contributed by atoms with E-state index in [1.165, 1.54) is 9.80 Å². The number of carboxylic acids is 2. The molecule has 0 aliphatic carbocycles. The van der Waals surface area contributed by atoms with E-state index < -0.39 is 110 Å². The van der Waals surface area contributed by atoms with Gasteiger partial charge in [0.05, 0.1) is 13.2 Å². The number of aliphatic hydroxyl groups is 1. The highest BCUT2D eigenvalue weighted by atomic mass is 16.4. The summed E-state index contributed by atoms with van der Waals surface area (Å²) in [5.41, 5.74) is 17.0. The molecule has 21 nitrogen and oxygen atoms in total. The molecule has 0 bridgehead atoms. The van der Waals surface area contributed by atoms with E-state index in [-0.39, 0.29) is 51.3 Å². The van der Waals surface area contributed by atoms with Crippen LogP contribution in [0.25, 0.3) is 0 Å². The number of carbonyl (C=O) groups excluding carboxylic acids is 6. The van der Waals surface area contributed by atoms with Gasteiger partial charge in [-0.05, 0) is 50.5 Å². The maximum Gasteiger partial charge on any atom is 0.326 e. The molecule has 308 valence electrons. The van der Waals surface area contributed by atoms with Crippen LogP contribution in [0, 0.1) is 0 Å². The highest BCUT2D eigenvalue weighted by Gasteiger charge is 2.43. The van der Waals surface area contributed by atoms with E-state index in [1.54, 1.807) is 30.3 Å². The third-order valence-electron chi connectivity index (χ3n) is 9.40. The zero-order valence-electron chi connectivity index (χ0n) is 30.9. The van der Waals surface area contributed by atoms with Crippen molar-refractivity contribution in [3.8, 4) is 0 Å². The Morgan fingerprint density at radius 1 is 0.804 bits per heavy atom. The van der Waals surface area contributed by atoms with Crippen LogP contribution in [-0.4, -0.2) is 147 Å². The Labute approximate surface area is 322 Å². The van der Waals surface area contributed by atoms with Crippen LogP contribution in [0.15, 0.2) is 35.3 Å². The number of carboxylic acid groups (broad SMARTS) is 2. The summed E-state index contributed by atoms with van der Waals surface area (Å²) in [5, 5.41) is 37.7. The lowest BCUT2D eigenvalue weighted by molar-refractivity contribution is -0.147. The zero-order valence-corrected chi connectivity index (χ0v) is 30.9. The first-order valence-corrected chi connectivity index (χ1v) is 18.3. The Hall–Kier alpha value is -5.83. The summed E-state index contributed by atoms with van der Waals surface area (Å²) < 4.78 is 0. The Morgan fingerprint density at radius 2 is 1.43 bits per heavy atom. The molecular formula is C35H52N10O11. The Morgan fingerprint density at radius 3 is 2.05 bits per heavy atom. The van der Waals surface area contributed by atoms with E-state index in [4.69, 9.17) is 27.4 Å². The molecule has 2 aliphatic rings. The second kappa shape index (κ2) is 21.9. The quantitative estimate of drug-likeness (QED) is 0.0324. The number of nitrogens with two attached hydrogens (primary N) is 3. The third-order valence-corrected chi connectivity index (χ3v) is 9.40. The largest absolute Gasteiger partial charge is 0.481 e. The van der Waals surface area contributed by atoms with Gasteiger partial charge in [0.15, 0.2) is 5.96 Å². The second-order valence-corrected chi connectivity index (χ2v) is 13.5. The van der Waals surface area contributed by atoms with Gasteiger partial charge in [-0.15, -0.1) is 0 Å². The number of aliphatic carboxylic acids is 2. The topological polar surface area (TPSA) is 342 Å². The predicted octanol–water partition coefficient (Wildman–Crippen LogP) is -3.90. The lowest BCUT2D eigenvalue weighted by Crippen LogP contribution is -2.59. The number of hydrogen-bond acceptors (Lipinski definition) is 11. The number of nitrogens with one attached hydrogen (secondary N) is 4. The number of amides is 6. The van der Waals surface area contributed by atoms with Gasteiger partial charge in [0.2, 0.25) is 35.4 Å². The number of guanidine groups is 1. The lowest BCUT2D eigenvalue weighted by Gasteiger charge is -2.32. The summed E-state index contributed by atoms with van der Waals surface area (Å²) in [7, 11) is 0. The fourth-order valence-corrected chi connectivity index (χ4v) is 6.46. The first-order valence-electron chi connectivity index (χ1n) is 18.3. The number of rotatable bonds is 21. The van der Waals surface area contributed by atoms with Crippen molar-refractivity contribution in [1.29, 1.82) is 0 Å². The van der Waals surface area contributed by atoms with Crippen molar-refractivity contribution >= 4 is 53.3 Å². The summed E-state index contributed by atoms with van der Waals surface area (Å²) in [6, 6.07) is 1.19. The number of benzene rings is 1. The Balaban J connectivity index is 1.79. The van der Waals surface area contributed by atoms with Crippen molar-refractivity contribution in [1.82, 2.24) is 31.1 Å². The van der Waals surface area contributed by atoms with Crippen LogP contribution in [-0.2, 0) is 44.8 Å². The van der Waals surface area contributed by atoms with E-state index in [2.05, 4.69) is 26.3 Å². The summed E-state index contributed by atoms with van der Waals surface area (Å²) in [6.45, 7) is -0.532. The van der Waals surface area contributed by atoms with Crippen LogP contribution < -0.4 is 38.5 Å². The molecule has 2 fully saturated rings. The highest BCUT2D eigenvalue weighted by molar-refractivity contribution is 5.97. The van der Waals surface area contributed by atoms with Crippen molar-refractivity contribution in [3.05, 3.63) is 35.9 Å². The monoisotopic (exact) mass is 788 g/mol. The molecular weight excluding hydrogens is 736 g/mol. The molecule has 1 aromatic rings. The van der Waals surface area contributed by atoms with Gasteiger partial charge in [0, 0.05) is 32.5 Å². The zero-order chi connectivity index (χ0) is 41.4. The fourth-order valence-electron chi connectivity index (χ4n) is 6.46. The van der Waals surface area contributed by atoms with E-state index in [0.717, 1.165) is 0 Å². The van der Waals surface area contributed by atoms with Crippen LogP contribution in [0.5, 0.6) is 0 Å². The molecule has 6 atom stereocenters. The van der Waals surface area contributed by atoms with Crippen molar-refractivity contribution in [2.75, 3.05) is 32.8 Å². The van der Waals surface area contributed by atoms with Crippen LogP contribution in [0.4, 0.5) is 0 Å². The molecule has 1 aromatic carbocycles. The van der Waals surface area contributed by atoms with E-state index >= 15 is 0 Å². The number of aliphatic imine (C=N–C) groups is 1. The van der Waals surface area contributed by atoms with Gasteiger partial charge in [-0.25, -0.2) is 4.79 Å². The molecule has 2 aliphatic heterocycles. The first kappa shape index (κ1) is 44.6.